The Hall–Kier alpha value is -3.93. The number of nitrogens with zero attached hydrogens (tertiary/aromatic N) is 4. The summed E-state index contributed by atoms with van der Waals surface area (Å²) in [7, 11) is 0. The van der Waals surface area contributed by atoms with Gasteiger partial charge in [0.2, 0.25) is 5.91 Å². The van der Waals surface area contributed by atoms with E-state index in [-0.39, 0.29) is 11.9 Å². The maximum Gasteiger partial charge on any atom is 0.248 e. The Balaban J connectivity index is 1.28. The molecule has 0 spiro atoms. The van der Waals surface area contributed by atoms with Crippen LogP contribution in [0.3, 0.4) is 0 Å². The van der Waals surface area contributed by atoms with Crippen molar-refractivity contribution < 1.29 is 4.79 Å². The Kier molecular flexibility index (Phi) is 5.42. The van der Waals surface area contributed by atoms with Crippen molar-refractivity contribution in [3.8, 4) is 16.8 Å². The topological polar surface area (TPSA) is 63.1 Å². The van der Waals surface area contributed by atoms with Gasteiger partial charge < -0.3 is 14.8 Å². The Morgan fingerprint density at radius 3 is 2.41 bits per heavy atom. The molecule has 1 aliphatic rings. The number of carbonyl (C=O) groups excluding carboxylic acids is 1. The van der Waals surface area contributed by atoms with Crippen LogP contribution in [0, 0.1) is 6.92 Å². The molecule has 1 atom stereocenters. The summed E-state index contributed by atoms with van der Waals surface area (Å²) in [5.74, 6) is 1.51. The predicted octanol–water partition coefficient (Wildman–Crippen LogP) is 4.85. The number of pyridine rings is 1. The van der Waals surface area contributed by atoms with E-state index in [1.807, 2.05) is 60.2 Å². The van der Waals surface area contributed by atoms with E-state index in [0.717, 1.165) is 47.7 Å². The standard InChI is InChI=1S/C26H25N5O/c1-19-27-15-17-30(19)22-10-12-23(13-11-22)31-16-5-8-24(31)26(32)29-25-14-9-21(18-28-25)20-6-3-2-4-7-20/h2-4,6-7,9-15,17-18,24H,5,8,16H2,1H3,(H,28,29,32). The molecule has 4 aromatic rings. The van der Waals surface area contributed by atoms with Crippen LogP contribution in [0.1, 0.15) is 18.7 Å². The quantitative estimate of drug-likeness (QED) is 0.498. The van der Waals surface area contributed by atoms with Gasteiger partial charge >= 0.3 is 0 Å². The molecule has 1 aliphatic heterocycles. The number of aryl methyl sites for hydroxylation is 1. The van der Waals surface area contributed by atoms with Crippen LogP contribution in [0.25, 0.3) is 16.8 Å². The van der Waals surface area contributed by atoms with Gasteiger partial charge in [0.1, 0.15) is 17.7 Å². The Morgan fingerprint density at radius 2 is 1.72 bits per heavy atom. The number of nitrogens with one attached hydrogen (secondary N) is 1. The number of carbonyl (C=O) groups is 1. The Labute approximate surface area is 187 Å². The highest BCUT2D eigenvalue weighted by atomic mass is 16.2. The van der Waals surface area contributed by atoms with E-state index < -0.39 is 0 Å². The van der Waals surface area contributed by atoms with E-state index in [4.69, 9.17) is 0 Å². The minimum absolute atomic E-state index is 0.0167. The fourth-order valence-electron chi connectivity index (χ4n) is 4.28. The molecule has 5 rings (SSSR count). The average Bonchev–Trinajstić information content (AvgIpc) is 3.50. The molecule has 1 unspecified atom stereocenters. The van der Waals surface area contributed by atoms with Crippen LogP contribution in [0.15, 0.2) is 85.3 Å². The molecular weight excluding hydrogens is 398 g/mol. The van der Waals surface area contributed by atoms with E-state index in [2.05, 4.69) is 44.5 Å². The summed E-state index contributed by atoms with van der Waals surface area (Å²) in [5.41, 5.74) is 4.25. The SMILES string of the molecule is Cc1nccn1-c1ccc(N2CCCC2C(=O)Nc2ccc(-c3ccccc3)cn2)cc1. The summed E-state index contributed by atoms with van der Waals surface area (Å²) in [6, 6.07) is 22.0. The molecule has 32 heavy (non-hydrogen) atoms. The molecule has 6 nitrogen and oxygen atoms in total. The number of amides is 1. The normalized spacial score (nSPS) is 15.7. The van der Waals surface area contributed by atoms with Gasteiger partial charge in [-0.15, -0.1) is 0 Å². The molecule has 1 amide bonds. The van der Waals surface area contributed by atoms with Gasteiger partial charge in [-0.05, 0) is 61.7 Å². The lowest BCUT2D eigenvalue weighted by Crippen LogP contribution is -2.39. The molecule has 1 N–H and O–H groups in total. The lowest BCUT2D eigenvalue weighted by Gasteiger charge is -2.26. The molecule has 0 saturated carbocycles. The van der Waals surface area contributed by atoms with Crippen LogP contribution in [0.2, 0.25) is 0 Å². The summed E-state index contributed by atoms with van der Waals surface area (Å²) < 4.78 is 2.04. The minimum atomic E-state index is -0.202. The van der Waals surface area contributed by atoms with Crippen LogP contribution in [0.4, 0.5) is 11.5 Å². The van der Waals surface area contributed by atoms with Crippen molar-refractivity contribution in [2.75, 3.05) is 16.8 Å². The van der Waals surface area contributed by atoms with Crippen LogP contribution >= 0.6 is 0 Å². The number of hydrogen-bond donors (Lipinski definition) is 1. The van der Waals surface area contributed by atoms with Crippen molar-refractivity contribution in [2.24, 2.45) is 0 Å². The Bertz CT molecular complexity index is 1200. The molecule has 1 saturated heterocycles. The highest BCUT2D eigenvalue weighted by molar-refractivity contribution is 5.96. The van der Waals surface area contributed by atoms with Gasteiger partial charge in [0, 0.05) is 42.1 Å². The smallest absolute Gasteiger partial charge is 0.248 e. The van der Waals surface area contributed by atoms with Crippen molar-refractivity contribution in [3.63, 3.8) is 0 Å². The zero-order chi connectivity index (χ0) is 21.9. The first-order valence-corrected chi connectivity index (χ1v) is 10.9. The van der Waals surface area contributed by atoms with Gasteiger partial charge in [0.25, 0.3) is 0 Å². The molecule has 0 radical (unpaired) electrons. The highest BCUT2D eigenvalue weighted by Gasteiger charge is 2.31. The molecule has 0 bridgehead atoms. The molecule has 6 heteroatoms. The molecule has 3 heterocycles. The maximum atomic E-state index is 13.0. The van der Waals surface area contributed by atoms with Crippen LogP contribution in [0.5, 0.6) is 0 Å². The number of rotatable bonds is 5. The van der Waals surface area contributed by atoms with E-state index in [1.165, 1.54) is 0 Å². The molecule has 1 fully saturated rings. The zero-order valence-electron chi connectivity index (χ0n) is 18.0. The first kappa shape index (κ1) is 20.0. The third-order valence-electron chi connectivity index (χ3n) is 5.96. The van der Waals surface area contributed by atoms with Gasteiger partial charge in [0.05, 0.1) is 0 Å². The monoisotopic (exact) mass is 423 g/mol. The minimum Gasteiger partial charge on any atom is -0.360 e. The second-order valence-corrected chi connectivity index (χ2v) is 8.00. The van der Waals surface area contributed by atoms with Gasteiger partial charge in [-0.3, -0.25) is 4.79 Å². The van der Waals surface area contributed by atoms with Gasteiger partial charge in [-0.1, -0.05) is 30.3 Å². The maximum absolute atomic E-state index is 13.0. The summed E-state index contributed by atoms with van der Waals surface area (Å²) >= 11 is 0. The largest absolute Gasteiger partial charge is 0.360 e. The van der Waals surface area contributed by atoms with E-state index in [1.54, 1.807) is 12.4 Å². The van der Waals surface area contributed by atoms with Crippen LogP contribution in [-0.4, -0.2) is 33.0 Å². The summed E-state index contributed by atoms with van der Waals surface area (Å²) in [6.07, 6.45) is 7.36. The molecule has 2 aromatic heterocycles. The fourth-order valence-corrected chi connectivity index (χ4v) is 4.28. The molecule has 2 aromatic carbocycles. The number of benzene rings is 2. The fraction of sp³-hybridized carbons (Fsp3) is 0.192. The van der Waals surface area contributed by atoms with Crippen molar-refractivity contribution in [1.29, 1.82) is 0 Å². The summed E-state index contributed by atoms with van der Waals surface area (Å²) in [5, 5.41) is 3.00. The van der Waals surface area contributed by atoms with Crippen molar-refractivity contribution in [2.45, 2.75) is 25.8 Å². The lowest BCUT2D eigenvalue weighted by atomic mass is 10.1. The second-order valence-electron chi connectivity index (χ2n) is 8.00. The average molecular weight is 424 g/mol. The number of imidazole rings is 1. The molecule has 0 aliphatic carbocycles. The van der Waals surface area contributed by atoms with Crippen LogP contribution in [-0.2, 0) is 4.79 Å². The number of hydrogen-bond acceptors (Lipinski definition) is 4. The number of aromatic nitrogens is 3. The number of anilines is 2. The van der Waals surface area contributed by atoms with Crippen LogP contribution < -0.4 is 10.2 Å². The summed E-state index contributed by atoms with van der Waals surface area (Å²) in [4.78, 5) is 24.0. The van der Waals surface area contributed by atoms with Gasteiger partial charge in [-0.2, -0.15) is 0 Å². The van der Waals surface area contributed by atoms with Gasteiger partial charge in [0.15, 0.2) is 0 Å². The first-order chi connectivity index (χ1) is 15.7. The van der Waals surface area contributed by atoms with E-state index in [9.17, 15) is 4.79 Å². The lowest BCUT2D eigenvalue weighted by molar-refractivity contribution is -0.117. The zero-order valence-corrected chi connectivity index (χ0v) is 18.0. The molecular formula is C26H25N5O. The highest BCUT2D eigenvalue weighted by Crippen LogP contribution is 2.28. The third kappa shape index (κ3) is 3.99. The van der Waals surface area contributed by atoms with E-state index >= 15 is 0 Å². The van der Waals surface area contributed by atoms with Crippen molar-refractivity contribution in [1.82, 2.24) is 14.5 Å². The second kappa shape index (κ2) is 8.67. The van der Waals surface area contributed by atoms with E-state index in [0.29, 0.717) is 5.82 Å². The first-order valence-electron chi connectivity index (χ1n) is 10.9. The summed E-state index contributed by atoms with van der Waals surface area (Å²) in [6.45, 7) is 2.84. The Morgan fingerprint density at radius 1 is 0.938 bits per heavy atom. The van der Waals surface area contributed by atoms with Gasteiger partial charge in [-0.25, -0.2) is 9.97 Å². The third-order valence-corrected chi connectivity index (χ3v) is 5.96. The predicted molar refractivity (Wildman–Crippen MR) is 127 cm³/mol. The van der Waals surface area contributed by atoms with Crippen molar-refractivity contribution in [3.05, 3.63) is 91.1 Å². The van der Waals surface area contributed by atoms with Crippen molar-refractivity contribution >= 4 is 17.4 Å². The molecule has 160 valence electrons.